The van der Waals surface area contributed by atoms with Crippen molar-refractivity contribution in [1.29, 1.82) is 0 Å². The van der Waals surface area contributed by atoms with Crippen molar-refractivity contribution < 1.29 is 14.3 Å². The van der Waals surface area contributed by atoms with Crippen LogP contribution in [0.15, 0.2) is 24.3 Å². The van der Waals surface area contributed by atoms with Crippen LogP contribution in [0, 0.1) is 17.3 Å². The molecule has 0 radical (unpaired) electrons. The number of hydrogen-bond donors (Lipinski definition) is 1. The van der Waals surface area contributed by atoms with Crippen LogP contribution in [0.5, 0.6) is 5.75 Å². The fraction of sp³-hybridized carbons (Fsp3) is 0.529. The number of likely N-dealkylation sites (tertiary alicyclic amines) is 1. The Bertz CT molecular complexity index is 598. The van der Waals surface area contributed by atoms with Crippen molar-refractivity contribution in [3.05, 3.63) is 29.8 Å². The average molecular weight is 302 g/mol. The smallest absolute Gasteiger partial charge is 0.248 e. The van der Waals surface area contributed by atoms with Crippen LogP contribution >= 0.6 is 0 Å². The first-order valence-corrected chi connectivity index (χ1v) is 7.70. The molecule has 0 spiro atoms. The van der Waals surface area contributed by atoms with Gasteiger partial charge in [-0.15, -0.1) is 0 Å². The normalized spacial score (nSPS) is 24.7. The Kier molecular flexibility index (Phi) is 3.59. The minimum Gasteiger partial charge on any atom is -0.493 e. The van der Waals surface area contributed by atoms with Crippen LogP contribution in [0.25, 0.3) is 0 Å². The highest BCUT2D eigenvalue weighted by Crippen LogP contribution is 2.61. The van der Waals surface area contributed by atoms with E-state index in [0.717, 1.165) is 13.1 Å². The number of fused-ring (bicyclic) bond motifs is 1. The fourth-order valence-electron chi connectivity index (χ4n) is 3.49. The van der Waals surface area contributed by atoms with E-state index in [0.29, 0.717) is 41.6 Å². The molecule has 1 saturated carbocycles. The van der Waals surface area contributed by atoms with E-state index >= 15 is 0 Å². The highest BCUT2D eigenvalue weighted by atomic mass is 16.5. The summed E-state index contributed by atoms with van der Waals surface area (Å²) in [5.41, 5.74) is 6.05. The van der Waals surface area contributed by atoms with Crippen molar-refractivity contribution in [1.82, 2.24) is 4.90 Å². The number of amides is 2. The van der Waals surface area contributed by atoms with E-state index in [9.17, 15) is 9.59 Å². The van der Waals surface area contributed by atoms with Crippen LogP contribution in [0.1, 0.15) is 30.6 Å². The first kappa shape index (κ1) is 14.9. The Morgan fingerprint density at radius 1 is 1.32 bits per heavy atom. The van der Waals surface area contributed by atoms with Crippen molar-refractivity contribution >= 4 is 11.8 Å². The standard InChI is InChI=1S/C17H22N2O3/c1-17(2)13-9-19(10-14(13)17)15(20)6-7-22-12-5-3-4-11(8-12)16(18)21/h3-5,8,13-14H,6-7,9-10H2,1-2H3,(H2,18,21)/t13-,14-/m1/s1. The number of benzene rings is 1. The Balaban J connectivity index is 1.45. The van der Waals surface area contributed by atoms with Gasteiger partial charge in [-0.2, -0.15) is 0 Å². The summed E-state index contributed by atoms with van der Waals surface area (Å²) < 4.78 is 5.55. The van der Waals surface area contributed by atoms with Crippen LogP contribution in [0.4, 0.5) is 0 Å². The van der Waals surface area contributed by atoms with Crippen molar-refractivity contribution in [3.63, 3.8) is 0 Å². The van der Waals surface area contributed by atoms with E-state index in [-0.39, 0.29) is 5.91 Å². The summed E-state index contributed by atoms with van der Waals surface area (Å²) in [6.45, 7) is 6.63. The van der Waals surface area contributed by atoms with E-state index in [1.165, 1.54) is 0 Å². The van der Waals surface area contributed by atoms with Gasteiger partial charge in [0.2, 0.25) is 11.8 Å². The molecule has 1 aromatic rings. The molecule has 1 heterocycles. The molecule has 1 aliphatic heterocycles. The molecular formula is C17H22N2O3. The molecule has 5 heteroatoms. The largest absolute Gasteiger partial charge is 0.493 e. The van der Waals surface area contributed by atoms with E-state index in [1.807, 2.05) is 4.90 Å². The van der Waals surface area contributed by atoms with Crippen LogP contribution in [0.2, 0.25) is 0 Å². The Morgan fingerprint density at radius 3 is 2.64 bits per heavy atom. The lowest BCUT2D eigenvalue weighted by Crippen LogP contribution is -2.33. The van der Waals surface area contributed by atoms with Gasteiger partial charge < -0.3 is 15.4 Å². The average Bonchev–Trinajstić information content (AvgIpc) is 2.86. The second kappa shape index (κ2) is 5.30. The van der Waals surface area contributed by atoms with E-state index in [2.05, 4.69) is 13.8 Å². The number of carbonyl (C=O) groups is 2. The summed E-state index contributed by atoms with van der Waals surface area (Å²) in [5.74, 6) is 1.57. The Morgan fingerprint density at radius 2 is 2.00 bits per heavy atom. The molecule has 3 rings (SSSR count). The molecular weight excluding hydrogens is 280 g/mol. The van der Waals surface area contributed by atoms with Crippen LogP contribution in [-0.2, 0) is 4.79 Å². The van der Waals surface area contributed by atoms with Crippen molar-refractivity contribution in [2.24, 2.45) is 23.0 Å². The summed E-state index contributed by atoms with van der Waals surface area (Å²) in [6, 6.07) is 6.71. The number of hydrogen-bond acceptors (Lipinski definition) is 3. The third-order valence-electron chi connectivity index (χ3n) is 5.18. The predicted molar refractivity (Wildman–Crippen MR) is 82.4 cm³/mol. The van der Waals surface area contributed by atoms with Crippen LogP contribution in [-0.4, -0.2) is 36.4 Å². The third kappa shape index (κ3) is 2.67. The van der Waals surface area contributed by atoms with Gasteiger partial charge in [0, 0.05) is 18.7 Å². The highest BCUT2D eigenvalue weighted by molar-refractivity contribution is 5.93. The van der Waals surface area contributed by atoms with Gasteiger partial charge in [-0.3, -0.25) is 9.59 Å². The van der Waals surface area contributed by atoms with Crippen molar-refractivity contribution in [3.8, 4) is 5.75 Å². The molecule has 5 nitrogen and oxygen atoms in total. The molecule has 2 N–H and O–H groups in total. The molecule has 2 atom stereocenters. The zero-order chi connectivity index (χ0) is 15.9. The zero-order valence-corrected chi connectivity index (χ0v) is 13.0. The number of carbonyl (C=O) groups excluding carboxylic acids is 2. The Hall–Kier alpha value is -2.04. The van der Waals surface area contributed by atoms with Crippen LogP contribution in [0.3, 0.4) is 0 Å². The lowest BCUT2D eigenvalue weighted by atomic mass is 10.1. The number of rotatable bonds is 5. The lowest BCUT2D eigenvalue weighted by Gasteiger charge is -2.22. The number of primary amides is 1. The minimum atomic E-state index is -0.486. The molecule has 0 unspecified atom stereocenters. The first-order valence-electron chi connectivity index (χ1n) is 7.70. The maximum atomic E-state index is 12.2. The summed E-state index contributed by atoms with van der Waals surface area (Å²) in [4.78, 5) is 25.2. The summed E-state index contributed by atoms with van der Waals surface area (Å²) >= 11 is 0. The number of nitrogens with zero attached hydrogens (tertiary/aromatic N) is 1. The zero-order valence-electron chi connectivity index (χ0n) is 13.0. The molecule has 22 heavy (non-hydrogen) atoms. The molecule has 0 aromatic heterocycles. The third-order valence-corrected chi connectivity index (χ3v) is 5.18. The van der Waals surface area contributed by atoms with Gasteiger partial charge in [0.15, 0.2) is 0 Å². The second-order valence-electron chi connectivity index (χ2n) is 6.82. The van der Waals surface area contributed by atoms with Gasteiger partial charge >= 0.3 is 0 Å². The first-order chi connectivity index (χ1) is 10.4. The molecule has 2 aliphatic rings. The summed E-state index contributed by atoms with van der Waals surface area (Å²) in [7, 11) is 0. The maximum Gasteiger partial charge on any atom is 0.248 e. The minimum absolute atomic E-state index is 0.147. The molecule has 1 aromatic carbocycles. The van der Waals surface area contributed by atoms with Crippen LogP contribution < -0.4 is 10.5 Å². The quantitative estimate of drug-likeness (QED) is 0.899. The highest BCUT2D eigenvalue weighted by Gasteiger charge is 2.62. The van der Waals surface area contributed by atoms with E-state index in [1.54, 1.807) is 24.3 Å². The molecule has 2 amide bonds. The monoisotopic (exact) mass is 302 g/mol. The molecule has 1 aliphatic carbocycles. The van der Waals surface area contributed by atoms with Gasteiger partial charge in [-0.1, -0.05) is 19.9 Å². The Labute approximate surface area is 130 Å². The van der Waals surface area contributed by atoms with Gasteiger partial charge in [0.1, 0.15) is 5.75 Å². The van der Waals surface area contributed by atoms with Gasteiger partial charge in [-0.25, -0.2) is 0 Å². The number of nitrogens with two attached hydrogens (primary N) is 1. The molecule has 1 saturated heterocycles. The van der Waals surface area contributed by atoms with Crippen molar-refractivity contribution in [2.45, 2.75) is 20.3 Å². The van der Waals surface area contributed by atoms with Gasteiger partial charge in [0.25, 0.3) is 0 Å². The van der Waals surface area contributed by atoms with Crippen molar-refractivity contribution in [2.75, 3.05) is 19.7 Å². The summed E-state index contributed by atoms with van der Waals surface area (Å²) in [6.07, 6.45) is 0.362. The molecule has 118 valence electrons. The fourth-order valence-corrected chi connectivity index (χ4v) is 3.49. The molecule has 2 fully saturated rings. The van der Waals surface area contributed by atoms with E-state index < -0.39 is 5.91 Å². The maximum absolute atomic E-state index is 12.2. The van der Waals surface area contributed by atoms with Gasteiger partial charge in [-0.05, 0) is 35.4 Å². The number of ether oxygens (including phenoxy) is 1. The molecule has 0 bridgehead atoms. The lowest BCUT2D eigenvalue weighted by molar-refractivity contribution is -0.131. The second-order valence-corrected chi connectivity index (χ2v) is 6.82. The van der Waals surface area contributed by atoms with E-state index in [4.69, 9.17) is 10.5 Å². The SMILES string of the molecule is CC1(C)[C@@H]2CN(C(=O)CCOc3cccc(C(N)=O)c3)C[C@H]21. The van der Waals surface area contributed by atoms with Gasteiger partial charge in [0.05, 0.1) is 13.0 Å². The summed E-state index contributed by atoms with van der Waals surface area (Å²) in [5, 5.41) is 0. The topological polar surface area (TPSA) is 72.6 Å². The predicted octanol–water partition coefficient (Wildman–Crippen LogP) is 1.67. The number of piperidine rings is 1.